The lowest BCUT2D eigenvalue weighted by atomic mass is 10.1. The van der Waals surface area contributed by atoms with Crippen LogP contribution in [-0.2, 0) is 42.9 Å². The standard InChI is InChI=1S/C13H18O9/c1-6(14)18-5-10-11(19-7(2)15)12(20-8(3)16)13(22-10)21-9(4)17/h10-13H,5H2,1-4H3/t10-,11+,12+,13?/m0/s1. The Morgan fingerprint density at radius 2 is 1.27 bits per heavy atom. The lowest BCUT2D eigenvalue weighted by Crippen LogP contribution is -2.42. The minimum absolute atomic E-state index is 0.247. The van der Waals surface area contributed by atoms with E-state index in [-0.39, 0.29) is 6.61 Å². The molecule has 1 heterocycles. The third-order valence-corrected chi connectivity index (χ3v) is 2.60. The van der Waals surface area contributed by atoms with Crippen molar-refractivity contribution in [2.45, 2.75) is 52.3 Å². The van der Waals surface area contributed by atoms with Gasteiger partial charge in [0.15, 0.2) is 6.10 Å². The number of esters is 4. The minimum Gasteiger partial charge on any atom is -0.463 e. The first kappa shape index (κ1) is 17.9. The Morgan fingerprint density at radius 1 is 0.773 bits per heavy atom. The maximum absolute atomic E-state index is 11.2. The van der Waals surface area contributed by atoms with Crippen molar-refractivity contribution in [3.05, 3.63) is 0 Å². The fourth-order valence-corrected chi connectivity index (χ4v) is 1.93. The molecule has 9 heteroatoms. The highest BCUT2D eigenvalue weighted by Crippen LogP contribution is 2.28. The second kappa shape index (κ2) is 7.74. The normalized spacial score (nSPS) is 26.9. The summed E-state index contributed by atoms with van der Waals surface area (Å²) < 4.78 is 25.2. The van der Waals surface area contributed by atoms with Crippen LogP contribution in [0.15, 0.2) is 0 Å². The summed E-state index contributed by atoms with van der Waals surface area (Å²) in [5.74, 6) is -2.56. The summed E-state index contributed by atoms with van der Waals surface area (Å²) in [6, 6.07) is 0. The van der Waals surface area contributed by atoms with Crippen molar-refractivity contribution in [1.82, 2.24) is 0 Å². The van der Waals surface area contributed by atoms with E-state index in [1.165, 1.54) is 6.92 Å². The van der Waals surface area contributed by atoms with Gasteiger partial charge in [-0.15, -0.1) is 0 Å². The van der Waals surface area contributed by atoms with Crippen molar-refractivity contribution < 1.29 is 42.9 Å². The molecular formula is C13H18O9. The molecule has 1 aliphatic rings. The summed E-state index contributed by atoms with van der Waals surface area (Å²) in [5, 5.41) is 0. The fraction of sp³-hybridized carbons (Fsp3) is 0.692. The van der Waals surface area contributed by atoms with E-state index in [2.05, 4.69) is 0 Å². The van der Waals surface area contributed by atoms with E-state index >= 15 is 0 Å². The van der Waals surface area contributed by atoms with E-state index in [4.69, 9.17) is 23.7 Å². The second-order valence-electron chi connectivity index (χ2n) is 4.60. The van der Waals surface area contributed by atoms with Crippen LogP contribution in [0.4, 0.5) is 0 Å². The van der Waals surface area contributed by atoms with Gasteiger partial charge in [-0.3, -0.25) is 19.2 Å². The summed E-state index contributed by atoms with van der Waals surface area (Å²) >= 11 is 0. The predicted octanol–water partition coefficient (Wildman–Crippen LogP) is -0.299. The topological polar surface area (TPSA) is 114 Å². The molecule has 0 aromatic carbocycles. The molecule has 0 aromatic heterocycles. The number of carbonyl (C=O) groups is 4. The molecule has 0 aliphatic carbocycles. The third-order valence-electron chi connectivity index (χ3n) is 2.60. The highest BCUT2D eigenvalue weighted by molar-refractivity contribution is 5.68. The quantitative estimate of drug-likeness (QED) is 0.497. The molecule has 1 saturated heterocycles. The highest BCUT2D eigenvalue weighted by Gasteiger charge is 2.51. The molecule has 1 aliphatic heterocycles. The van der Waals surface area contributed by atoms with Crippen LogP contribution in [0.1, 0.15) is 27.7 Å². The molecule has 0 bridgehead atoms. The molecule has 1 unspecified atom stereocenters. The average molecular weight is 318 g/mol. The van der Waals surface area contributed by atoms with Crippen LogP contribution in [-0.4, -0.2) is 55.1 Å². The Balaban J connectivity index is 2.94. The van der Waals surface area contributed by atoms with Gasteiger partial charge in [0.2, 0.25) is 12.4 Å². The van der Waals surface area contributed by atoms with Crippen molar-refractivity contribution in [1.29, 1.82) is 0 Å². The Kier molecular flexibility index (Phi) is 6.29. The lowest BCUT2D eigenvalue weighted by Gasteiger charge is -2.22. The minimum atomic E-state index is -1.26. The zero-order chi connectivity index (χ0) is 16.9. The molecule has 0 radical (unpaired) electrons. The van der Waals surface area contributed by atoms with Crippen molar-refractivity contribution in [3.8, 4) is 0 Å². The summed E-state index contributed by atoms with van der Waals surface area (Å²) in [6.07, 6.45) is -4.40. The number of hydrogen-bond acceptors (Lipinski definition) is 9. The van der Waals surface area contributed by atoms with Gasteiger partial charge in [-0.2, -0.15) is 0 Å². The Hall–Kier alpha value is -2.16. The molecule has 4 atom stereocenters. The van der Waals surface area contributed by atoms with E-state index in [1.807, 2.05) is 0 Å². The van der Waals surface area contributed by atoms with Crippen molar-refractivity contribution in [2.24, 2.45) is 0 Å². The van der Waals surface area contributed by atoms with Crippen LogP contribution in [0.25, 0.3) is 0 Å². The number of carbonyl (C=O) groups excluding carboxylic acids is 4. The van der Waals surface area contributed by atoms with Crippen molar-refractivity contribution >= 4 is 23.9 Å². The van der Waals surface area contributed by atoms with Gasteiger partial charge in [-0.05, 0) is 0 Å². The van der Waals surface area contributed by atoms with Crippen LogP contribution < -0.4 is 0 Å². The largest absolute Gasteiger partial charge is 0.463 e. The monoisotopic (exact) mass is 318 g/mol. The molecule has 9 nitrogen and oxygen atoms in total. The summed E-state index contributed by atoms with van der Waals surface area (Å²) in [7, 11) is 0. The van der Waals surface area contributed by atoms with Crippen molar-refractivity contribution in [2.75, 3.05) is 6.61 Å². The van der Waals surface area contributed by atoms with E-state index in [0.717, 1.165) is 20.8 Å². The molecule has 1 fully saturated rings. The van der Waals surface area contributed by atoms with Crippen LogP contribution in [0.5, 0.6) is 0 Å². The summed E-state index contributed by atoms with van der Waals surface area (Å²) in [5.41, 5.74) is 0. The zero-order valence-corrected chi connectivity index (χ0v) is 12.7. The van der Waals surface area contributed by atoms with Gasteiger partial charge in [0.1, 0.15) is 12.7 Å². The summed E-state index contributed by atoms with van der Waals surface area (Å²) in [4.78, 5) is 44.4. The molecule has 1 rings (SSSR count). The first-order chi connectivity index (χ1) is 10.2. The fourth-order valence-electron chi connectivity index (χ4n) is 1.93. The van der Waals surface area contributed by atoms with E-state index in [9.17, 15) is 19.2 Å². The predicted molar refractivity (Wildman–Crippen MR) is 68.2 cm³/mol. The van der Waals surface area contributed by atoms with E-state index in [0.29, 0.717) is 0 Å². The van der Waals surface area contributed by atoms with Gasteiger partial charge in [-0.1, -0.05) is 0 Å². The van der Waals surface area contributed by atoms with Crippen LogP contribution >= 0.6 is 0 Å². The molecule has 0 N–H and O–H groups in total. The Bertz CT molecular complexity index is 458. The molecule has 0 amide bonds. The Labute approximate surface area is 126 Å². The highest BCUT2D eigenvalue weighted by atomic mass is 16.8. The smallest absolute Gasteiger partial charge is 0.305 e. The van der Waals surface area contributed by atoms with Gasteiger partial charge in [0.25, 0.3) is 0 Å². The molecule has 0 aromatic rings. The van der Waals surface area contributed by atoms with Gasteiger partial charge >= 0.3 is 23.9 Å². The maximum atomic E-state index is 11.2. The van der Waals surface area contributed by atoms with Crippen LogP contribution in [0.3, 0.4) is 0 Å². The number of hydrogen-bond donors (Lipinski definition) is 0. The molecular weight excluding hydrogens is 300 g/mol. The molecule has 124 valence electrons. The van der Waals surface area contributed by atoms with E-state index in [1.54, 1.807) is 0 Å². The zero-order valence-electron chi connectivity index (χ0n) is 12.7. The Morgan fingerprint density at radius 3 is 1.73 bits per heavy atom. The first-order valence-corrected chi connectivity index (χ1v) is 6.51. The van der Waals surface area contributed by atoms with Gasteiger partial charge in [0.05, 0.1) is 0 Å². The SMILES string of the molecule is CC(=O)OC[C@@H]1OC(OC(C)=O)[C@H](OC(C)=O)[C@@H]1OC(C)=O. The van der Waals surface area contributed by atoms with Gasteiger partial charge in [0, 0.05) is 27.7 Å². The number of rotatable bonds is 5. The molecule has 0 spiro atoms. The third kappa shape index (κ3) is 5.32. The lowest BCUT2D eigenvalue weighted by molar-refractivity contribution is -0.197. The summed E-state index contributed by atoms with van der Waals surface area (Å²) in [6.45, 7) is 4.40. The van der Waals surface area contributed by atoms with Crippen molar-refractivity contribution in [3.63, 3.8) is 0 Å². The van der Waals surface area contributed by atoms with Gasteiger partial charge < -0.3 is 23.7 Å². The maximum Gasteiger partial charge on any atom is 0.305 e. The molecule has 22 heavy (non-hydrogen) atoms. The van der Waals surface area contributed by atoms with Gasteiger partial charge in [-0.25, -0.2) is 0 Å². The van der Waals surface area contributed by atoms with E-state index < -0.39 is 48.5 Å². The van der Waals surface area contributed by atoms with Crippen LogP contribution in [0, 0.1) is 0 Å². The average Bonchev–Trinajstić information content (AvgIpc) is 2.63. The second-order valence-corrected chi connectivity index (χ2v) is 4.60. The number of ether oxygens (including phenoxy) is 5. The molecule has 0 saturated carbocycles. The first-order valence-electron chi connectivity index (χ1n) is 6.51. The van der Waals surface area contributed by atoms with Crippen LogP contribution in [0.2, 0.25) is 0 Å².